The van der Waals surface area contributed by atoms with Crippen molar-refractivity contribution in [3.8, 4) is 0 Å². The summed E-state index contributed by atoms with van der Waals surface area (Å²) in [5.41, 5.74) is -0.594. The van der Waals surface area contributed by atoms with Crippen molar-refractivity contribution in [3.63, 3.8) is 0 Å². The Labute approximate surface area is 175 Å². The first kappa shape index (κ1) is 20.4. The normalized spacial score (nSPS) is 38.5. The molecule has 4 unspecified atom stereocenters. The monoisotopic (exact) mass is 438 g/mol. The van der Waals surface area contributed by atoms with Gasteiger partial charge in [-0.3, -0.25) is 4.79 Å². The molecule has 7 nitrogen and oxygen atoms in total. The van der Waals surface area contributed by atoms with Crippen LogP contribution in [0.15, 0.2) is 29.2 Å². The number of carbonyl (C=O) groups is 1. The zero-order chi connectivity index (χ0) is 21.1. The van der Waals surface area contributed by atoms with E-state index in [9.17, 15) is 22.7 Å². The van der Waals surface area contributed by atoms with Crippen molar-refractivity contribution in [2.24, 2.45) is 17.8 Å². The molecular weight excluding hydrogens is 411 g/mol. The van der Waals surface area contributed by atoms with Gasteiger partial charge < -0.3 is 15.2 Å². The summed E-state index contributed by atoms with van der Waals surface area (Å²) in [5, 5.41) is 13.9. The van der Waals surface area contributed by atoms with Gasteiger partial charge in [-0.25, -0.2) is 12.8 Å². The maximum absolute atomic E-state index is 13.2. The Kier molecular flexibility index (Phi) is 4.92. The highest BCUT2D eigenvalue weighted by atomic mass is 32.2. The van der Waals surface area contributed by atoms with Gasteiger partial charge in [-0.2, -0.15) is 4.31 Å². The van der Waals surface area contributed by atoms with Gasteiger partial charge in [0.1, 0.15) is 11.9 Å². The summed E-state index contributed by atoms with van der Waals surface area (Å²) >= 11 is 0. The van der Waals surface area contributed by atoms with E-state index in [1.807, 2.05) is 0 Å². The van der Waals surface area contributed by atoms with Crippen molar-refractivity contribution in [1.29, 1.82) is 0 Å². The minimum absolute atomic E-state index is 0.0130. The number of hydrogen-bond donors (Lipinski definition) is 2. The maximum atomic E-state index is 13.2. The molecule has 2 N–H and O–H groups in total. The van der Waals surface area contributed by atoms with Crippen LogP contribution < -0.4 is 5.32 Å². The van der Waals surface area contributed by atoms with E-state index in [0.717, 1.165) is 31.4 Å². The number of carbonyl (C=O) groups excluding carboxylic acids is 1. The maximum Gasteiger partial charge on any atom is 0.243 e. The predicted octanol–water partition coefficient (Wildman–Crippen LogP) is 1.27. The highest BCUT2D eigenvalue weighted by molar-refractivity contribution is 7.89. The molecule has 5 aliphatic rings. The number of rotatable bonds is 4. The molecular formula is C21H27FN2O5S. The summed E-state index contributed by atoms with van der Waals surface area (Å²) in [6.07, 6.45) is 4.26. The van der Waals surface area contributed by atoms with Gasteiger partial charge in [-0.1, -0.05) is 0 Å². The van der Waals surface area contributed by atoms with Crippen LogP contribution in [0.4, 0.5) is 4.39 Å². The second-order valence-corrected chi connectivity index (χ2v) is 11.3. The number of nitrogens with zero attached hydrogens (tertiary/aromatic N) is 1. The first-order valence-electron chi connectivity index (χ1n) is 10.6. The molecule has 0 aromatic heterocycles. The van der Waals surface area contributed by atoms with Crippen molar-refractivity contribution >= 4 is 15.9 Å². The van der Waals surface area contributed by atoms with E-state index in [0.29, 0.717) is 18.8 Å². The van der Waals surface area contributed by atoms with E-state index in [2.05, 4.69) is 5.32 Å². The fourth-order valence-corrected chi connectivity index (χ4v) is 7.86. The van der Waals surface area contributed by atoms with Crippen LogP contribution >= 0.6 is 0 Å². The van der Waals surface area contributed by atoms with Crippen molar-refractivity contribution < 1.29 is 27.4 Å². The molecule has 1 heterocycles. The van der Waals surface area contributed by atoms with Crippen molar-refractivity contribution in [3.05, 3.63) is 30.1 Å². The molecule has 4 saturated carbocycles. The number of hydrogen-bond acceptors (Lipinski definition) is 5. The summed E-state index contributed by atoms with van der Waals surface area (Å²) in [6.45, 7) is 0.256. The molecule has 9 heteroatoms. The third kappa shape index (κ3) is 3.45. The average molecular weight is 439 g/mol. The SMILES string of the molecule is O=C(NC1[C@@H]2CC3C[C@H]1CC(O)(C3)C2)C1COCCN1S(=O)(=O)c1ccc(F)cc1. The molecule has 0 radical (unpaired) electrons. The van der Waals surface area contributed by atoms with Crippen LogP contribution in [0.3, 0.4) is 0 Å². The Morgan fingerprint density at radius 3 is 2.47 bits per heavy atom. The number of morpholine rings is 1. The Hall–Kier alpha value is -1.55. The standard InChI is InChI=1S/C21H27FN2O5S/c22-16-1-3-17(4-2-16)30(27,28)24-5-6-29-12-18(24)20(25)23-19-14-7-13-8-15(19)11-21(26,9-13)10-14/h1-4,13-15,18-19,26H,5-12H2,(H,23,25)/t13?,14-,15+,18?,19?,21?. The van der Waals surface area contributed by atoms with Crippen LogP contribution in [-0.4, -0.2) is 61.2 Å². The quantitative estimate of drug-likeness (QED) is 0.738. The molecule has 4 aliphatic carbocycles. The summed E-state index contributed by atoms with van der Waals surface area (Å²) < 4.78 is 46.1. The van der Waals surface area contributed by atoms with E-state index in [1.165, 1.54) is 16.4 Å². The molecule has 1 aromatic carbocycles. The fourth-order valence-electron chi connectivity index (χ4n) is 6.30. The van der Waals surface area contributed by atoms with Gasteiger partial charge in [0, 0.05) is 12.6 Å². The largest absolute Gasteiger partial charge is 0.390 e. The predicted molar refractivity (Wildman–Crippen MR) is 105 cm³/mol. The third-order valence-corrected chi connectivity index (χ3v) is 9.27. The summed E-state index contributed by atoms with van der Waals surface area (Å²) in [4.78, 5) is 13.2. The number of nitrogens with one attached hydrogen (secondary N) is 1. The first-order chi connectivity index (χ1) is 14.2. The lowest BCUT2D eigenvalue weighted by Gasteiger charge is -2.58. The second-order valence-electron chi connectivity index (χ2n) is 9.39. The molecule has 1 amide bonds. The van der Waals surface area contributed by atoms with Crippen molar-refractivity contribution in [1.82, 2.24) is 9.62 Å². The molecule has 1 aromatic rings. The van der Waals surface area contributed by atoms with E-state index in [1.54, 1.807) is 0 Å². The van der Waals surface area contributed by atoms with Gasteiger partial charge in [0.25, 0.3) is 0 Å². The minimum Gasteiger partial charge on any atom is -0.390 e. The van der Waals surface area contributed by atoms with Crippen LogP contribution in [0.5, 0.6) is 0 Å². The number of sulfonamides is 1. The van der Waals surface area contributed by atoms with Crippen LogP contribution in [0.2, 0.25) is 0 Å². The van der Waals surface area contributed by atoms with Gasteiger partial charge in [0.05, 0.1) is 23.7 Å². The highest BCUT2D eigenvalue weighted by Crippen LogP contribution is 2.55. The average Bonchev–Trinajstić information content (AvgIpc) is 2.69. The van der Waals surface area contributed by atoms with E-state index in [-0.39, 0.29) is 48.4 Å². The number of halogens is 1. The molecule has 6 atom stereocenters. The van der Waals surface area contributed by atoms with Crippen LogP contribution in [-0.2, 0) is 19.6 Å². The van der Waals surface area contributed by atoms with Gasteiger partial charge in [-0.15, -0.1) is 0 Å². The minimum atomic E-state index is -3.96. The summed E-state index contributed by atoms with van der Waals surface area (Å²) in [6, 6.07) is 3.63. The first-order valence-corrected chi connectivity index (χ1v) is 12.1. The lowest BCUT2D eigenvalue weighted by atomic mass is 9.52. The number of amides is 1. The molecule has 1 aliphatic heterocycles. The van der Waals surface area contributed by atoms with Crippen LogP contribution in [0.25, 0.3) is 0 Å². The topological polar surface area (TPSA) is 95.9 Å². The molecule has 4 bridgehead atoms. The zero-order valence-corrected chi connectivity index (χ0v) is 17.5. The van der Waals surface area contributed by atoms with Crippen molar-refractivity contribution in [2.45, 2.75) is 54.7 Å². The molecule has 164 valence electrons. The van der Waals surface area contributed by atoms with E-state index >= 15 is 0 Å². The van der Waals surface area contributed by atoms with E-state index < -0.39 is 27.5 Å². The molecule has 0 spiro atoms. The number of ether oxygens (including phenoxy) is 1. The van der Waals surface area contributed by atoms with Crippen LogP contribution in [0.1, 0.15) is 32.1 Å². The van der Waals surface area contributed by atoms with Gasteiger partial charge in [0.2, 0.25) is 15.9 Å². The molecule has 1 saturated heterocycles. The van der Waals surface area contributed by atoms with Gasteiger partial charge in [0.15, 0.2) is 0 Å². The Morgan fingerprint density at radius 1 is 1.17 bits per heavy atom. The summed E-state index contributed by atoms with van der Waals surface area (Å²) in [7, 11) is -3.96. The lowest BCUT2D eigenvalue weighted by Crippen LogP contribution is -2.64. The number of benzene rings is 1. The Morgan fingerprint density at radius 2 is 1.83 bits per heavy atom. The molecule has 6 rings (SSSR count). The van der Waals surface area contributed by atoms with Crippen LogP contribution in [0, 0.1) is 23.6 Å². The smallest absolute Gasteiger partial charge is 0.243 e. The Balaban J connectivity index is 1.35. The second kappa shape index (κ2) is 7.25. The molecule has 30 heavy (non-hydrogen) atoms. The van der Waals surface area contributed by atoms with E-state index in [4.69, 9.17) is 4.74 Å². The third-order valence-electron chi connectivity index (χ3n) is 7.35. The number of aliphatic hydroxyl groups is 1. The Bertz CT molecular complexity index is 921. The molecule has 5 fully saturated rings. The van der Waals surface area contributed by atoms with Gasteiger partial charge >= 0.3 is 0 Å². The highest BCUT2D eigenvalue weighted by Gasteiger charge is 2.55. The summed E-state index contributed by atoms with van der Waals surface area (Å²) in [5.74, 6) is 0.112. The zero-order valence-electron chi connectivity index (χ0n) is 16.7. The van der Waals surface area contributed by atoms with Crippen molar-refractivity contribution in [2.75, 3.05) is 19.8 Å². The van der Waals surface area contributed by atoms with Gasteiger partial charge in [-0.05, 0) is 74.1 Å². The fraction of sp³-hybridized carbons (Fsp3) is 0.667. The lowest BCUT2D eigenvalue weighted by molar-refractivity contribution is -0.150.